The summed E-state index contributed by atoms with van der Waals surface area (Å²) in [6.07, 6.45) is 3.72. The lowest BCUT2D eigenvalue weighted by molar-refractivity contribution is -0.138. The average Bonchev–Trinajstić information content (AvgIpc) is 4.10. The third-order valence-electron chi connectivity index (χ3n) is 11.5. The summed E-state index contributed by atoms with van der Waals surface area (Å²) in [6.45, 7) is 4.57. The minimum atomic E-state index is -0.997. The predicted molar refractivity (Wildman–Crippen MR) is 235 cm³/mol. The number of benzene rings is 4. The van der Waals surface area contributed by atoms with Crippen LogP contribution in [0.3, 0.4) is 0 Å². The Hall–Kier alpha value is -6.73. The van der Waals surface area contributed by atoms with E-state index in [4.69, 9.17) is 9.72 Å². The maximum atomic E-state index is 14.0. The van der Waals surface area contributed by atoms with Gasteiger partial charge >= 0.3 is 6.09 Å². The summed E-state index contributed by atoms with van der Waals surface area (Å²) in [7, 11) is 3.88. The van der Waals surface area contributed by atoms with Crippen LogP contribution in [0.15, 0.2) is 115 Å². The molecule has 314 valence electrons. The number of ether oxygens (including phenoxy) is 1. The van der Waals surface area contributed by atoms with E-state index in [0.29, 0.717) is 37.2 Å². The maximum absolute atomic E-state index is 14.0. The van der Waals surface area contributed by atoms with E-state index in [1.807, 2.05) is 90.8 Å². The number of nitrogens with one attached hydrogen (secondary N) is 4. The third kappa shape index (κ3) is 8.92. The van der Waals surface area contributed by atoms with Gasteiger partial charge < -0.3 is 35.1 Å². The molecule has 61 heavy (non-hydrogen) atoms. The molecule has 1 unspecified atom stereocenters. The van der Waals surface area contributed by atoms with Crippen LogP contribution in [0.5, 0.6) is 0 Å². The number of amides is 4. The van der Waals surface area contributed by atoms with Crippen molar-refractivity contribution in [1.82, 2.24) is 35.0 Å². The fourth-order valence-electron chi connectivity index (χ4n) is 8.61. The molecule has 4 N–H and O–H groups in total. The molecule has 0 aliphatic carbocycles. The van der Waals surface area contributed by atoms with Crippen LogP contribution in [0.1, 0.15) is 74.6 Å². The molecule has 2 aliphatic heterocycles. The van der Waals surface area contributed by atoms with E-state index >= 15 is 0 Å². The van der Waals surface area contributed by atoms with Crippen LogP contribution in [0.25, 0.3) is 33.4 Å². The van der Waals surface area contributed by atoms with Crippen molar-refractivity contribution in [3.63, 3.8) is 0 Å². The van der Waals surface area contributed by atoms with E-state index < -0.39 is 18.2 Å². The first kappa shape index (κ1) is 41.0. The molecule has 4 heterocycles. The molecule has 2 saturated heterocycles. The van der Waals surface area contributed by atoms with Gasteiger partial charge in [-0.05, 0) is 100 Å². The zero-order valence-electron chi connectivity index (χ0n) is 34.9. The highest BCUT2D eigenvalue weighted by Gasteiger charge is 2.39. The second-order valence-electron chi connectivity index (χ2n) is 16.3. The number of H-pyrrole nitrogens is 2. The SMILES string of the molecule is CC(C)OC(=O)N[C@@H](C(=O)N1CCC[C@H]1C(=O)Nc1ccc2[nH]c(-c3ccc(-c4cnc(C5CCCN5C(=O)[C@H](c5ccccc5)N(C)C)[nH]4)cc3)cc2c1)c1ccccc1. The largest absolute Gasteiger partial charge is 0.447 e. The van der Waals surface area contributed by atoms with Gasteiger partial charge in [-0.1, -0.05) is 84.9 Å². The molecular weight excluding hydrogens is 769 g/mol. The van der Waals surface area contributed by atoms with Gasteiger partial charge in [0.05, 0.1) is 24.0 Å². The number of anilines is 1. The molecule has 4 amide bonds. The molecule has 0 spiro atoms. The molecule has 6 aromatic rings. The minimum absolute atomic E-state index is 0.0786. The van der Waals surface area contributed by atoms with Crippen LogP contribution in [-0.4, -0.2) is 92.8 Å². The van der Waals surface area contributed by atoms with Crippen LogP contribution in [0.2, 0.25) is 0 Å². The summed E-state index contributed by atoms with van der Waals surface area (Å²) < 4.78 is 5.29. The second-order valence-corrected chi connectivity index (χ2v) is 16.3. The molecule has 0 radical (unpaired) electrons. The molecule has 0 saturated carbocycles. The third-order valence-corrected chi connectivity index (χ3v) is 11.5. The normalized spacial score (nSPS) is 17.5. The summed E-state index contributed by atoms with van der Waals surface area (Å²) in [5.74, 6) is 0.222. The van der Waals surface area contributed by atoms with Gasteiger partial charge in [0.25, 0.3) is 5.91 Å². The van der Waals surface area contributed by atoms with Crippen molar-refractivity contribution in [2.45, 2.75) is 69.8 Å². The van der Waals surface area contributed by atoms with E-state index in [-0.39, 0.29) is 35.9 Å². The number of aromatic amines is 2. The van der Waals surface area contributed by atoms with Crippen molar-refractivity contribution in [3.05, 3.63) is 132 Å². The van der Waals surface area contributed by atoms with Crippen molar-refractivity contribution in [1.29, 1.82) is 0 Å². The molecular formula is C48H52N8O5. The average molecular weight is 821 g/mol. The fraction of sp³-hybridized carbons (Fsp3) is 0.312. The Morgan fingerprint density at radius 1 is 0.754 bits per heavy atom. The van der Waals surface area contributed by atoms with E-state index in [1.54, 1.807) is 43.0 Å². The highest BCUT2D eigenvalue weighted by Crippen LogP contribution is 2.36. The Kier molecular flexibility index (Phi) is 12.0. The van der Waals surface area contributed by atoms with Gasteiger partial charge in [0.15, 0.2) is 0 Å². The topological polar surface area (TPSA) is 156 Å². The monoisotopic (exact) mass is 820 g/mol. The zero-order valence-corrected chi connectivity index (χ0v) is 34.9. The van der Waals surface area contributed by atoms with Crippen LogP contribution in [0.4, 0.5) is 10.5 Å². The van der Waals surface area contributed by atoms with Gasteiger partial charge in [-0.2, -0.15) is 0 Å². The van der Waals surface area contributed by atoms with Crippen LogP contribution in [-0.2, 0) is 19.1 Å². The summed E-state index contributed by atoms with van der Waals surface area (Å²) in [5, 5.41) is 6.68. The van der Waals surface area contributed by atoms with Crippen molar-refractivity contribution in [2.24, 2.45) is 0 Å². The molecule has 4 atom stereocenters. The molecule has 2 aliphatic rings. The smallest absolute Gasteiger partial charge is 0.408 e. The number of likely N-dealkylation sites (tertiary alicyclic amines) is 2. The van der Waals surface area contributed by atoms with Crippen molar-refractivity contribution >= 4 is 40.4 Å². The number of alkyl carbamates (subject to hydrolysis) is 1. The molecule has 13 nitrogen and oxygen atoms in total. The number of nitrogens with zero attached hydrogens (tertiary/aromatic N) is 4. The number of fused-ring (bicyclic) bond motifs is 1. The molecule has 0 bridgehead atoms. The summed E-state index contributed by atoms with van der Waals surface area (Å²) in [5.41, 5.74) is 6.89. The Morgan fingerprint density at radius 2 is 1.41 bits per heavy atom. The Bertz CT molecular complexity index is 2500. The number of aromatic nitrogens is 3. The van der Waals surface area contributed by atoms with Crippen LogP contribution < -0.4 is 10.6 Å². The molecule has 4 aromatic carbocycles. The molecule has 2 fully saturated rings. The predicted octanol–water partition coefficient (Wildman–Crippen LogP) is 8.00. The number of hydrogen-bond acceptors (Lipinski definition) is 7. The quantitative estimate of drug-likeness (QED) is 0.0976. The first-order valence-corrected chi connectivity index (χ1v) is 21.0. The standard InChI is InChI=1S/C48H52N8O5/c1-30(2)61-48(60)53-42(33-13-7-5-8-14-33)46(58)56-26-12-18-41(56)45(57)50-36-23-24-37-35(27-36)28-38(51-37)31-19-21-32(22-20-31)39-29-49-44(52-39)40-17-11-25-55(40)47(59)43(54(3)4)34-15-9-6-10-16-34/h5-10,13-16,19-24,27-30,40-43,51H,11-12,17-18,25-26H2,1-4H3,(H,49,52)(H,50,57)(H,53,60)/t40?,41-,42+,43-/m0/s1. The fourth-order valence-corrected chi connectivity index (χ4v) is 8.61. The van der Waals surface area contributed by atoms with Crippen LogP contribution >= 0.6 is 0 Å². The highest BCUT2D eigenvalue weighted by molar-refractivity contribution is 6.00. The summed E-state index contributed by atoms with van der Waals surface area (Å²) >= 11 is 0. The number of carbonyl (C=O) groups excluding carboxylic acids is 4. The van der Waals surface area contributed by atoms with Gasteiger partial charge in [0.2, 0.25) is 11.8 Å². The van der Waals surface area contributed by atoms with E-state index in [0.717, 1.165) is 57.6 Å². The number of likely N-dealkylation sites (N-methyl/N-ethyl adjacent to an activating group) is 1. The Labute approximate surface area is 355 Å². The maximum Gasteiger partial charge on any atom is 0.408 e. The first-order chi connectivity index (χ1) is 29.5. The molecule has 13 heteroatoms. The first-order valence-electron chi connectivity index (χ1n) is 21.0. The molecule has 2 aromatic heterocycles. The van der Waals surface area contributed by atoms with Gasteiger partial charge in [-0.3, -0.25) is 19.3 Å². The minimum Gasteiger partial charge on any atom is -0.447 e. The second kappa shape index (κ2) is 17.9. The number of carbonyl (C=O) groups is 4. The van der Waals surface area contributed by atoms with Gasteiger partial charge in [-0.25, -0.2) is 9.78 Å². The van der Waals surface area contributed by atoms with Gasteiger partial charge in [0.1, 0.15) is 23.9 Å². The van der Waals surface area contributed by atoms with E-state index in [2.05, 4.69) is 44.9 Å². The summed E-state index contributed by atoms with van der Waals surface area (Å²) in [6, 6.07) is 32.7. The summed E-state index contributed by atoms with van der Waals surface area (Å²) in [4.78, 5) is 71.6. The Morgan fingerprint density at radius 3 is 2.10 bits per heavy atom. The lowest BCUT2D eigenvalue weighted by atomic mass is 10.0. The number of hydrogen-bond donors (Lipinski definition) is 4. The van der Waals surface area contributed by atoms with Gasteiger partial charge in [-0.15, -0.1) is 0 Å². The zero-order chi connectivity index (χ0) is 42.6. The van der Waals surface area contributed by atoms with Gasteiger partial charge in [0, 0.05) is 35.4 Å². The lowest BCUT2D eigenvalue weighted by Crippen LogP contribution is -2.48. The van der Waals surface area contributed by atoms with Crippen molar-refractivity contribution in [3.8, 4) is 22.5 Å². The highest BCUT2D eigenvalue weighted by atomic mass is 16.6. The van der Waals surface area contributed by atoms with E-state index in [9.17, 15) is 19.2 Å². The lowest BCUT2D eigenvalue weighted by Gasteiger charge is -2.31. The number of imidazole rings is 1. The van der Waals surface area contributed by atoms with Crippen molar-refractivity contribution < 1.29 is 23.9 Å². The molecule has 8 rings (SSSR count). The Balaban J connectivity index is 0.929. The van der Waals surface area contributed by atoms with E-state index in [1.165, 1.54) is 0 Å². The number of rotatable bonds is 12. The van der Waals surface area contributed by atoms with Crippen LogP contribution in [0, 0.1) is 0 Å². The van der Waals surface area contributed by atoms with Crippen molar-refractivity contribution in [2.75, 3.05) is 32.5 Å².